The van der Waals surface area contributed by atoms with Crippen molar-refractivity contribution in [3.05, 3.63) is 35.9 Å². The molecule has 0 radical (unpaired) electrons. The number of nitrogens with two attached hydrogens (primary N) is 2. The Morgan fingerprint density at radius 1 is 1.20 bits per heavy atom. The topological polar surface area (TPSA) is 89.4 Å². The second-order valence-electron chi connectivity index (χ2n) is 4.73. The number of halogens is 1. The minimum absolute atomic E-state index is 0. The van der Waals surface area contributed by atoms with Crippen molar-refractivity contribution in [2.75, 3.05) is 13.1 Å². The molecule has 1 atom stereocenters. The van der Waals surface area contributed by atoms with Crippen LogP contribution in [0.15, 0.2) is 30.3 Å². The maximum absolute atomic E-state index is 12.5. The number of hydrogen-bond acceptors (Lipinski definition) is 3. The predicted molar refractivity (Wildman–Crippen MR) is 81.5 cm³/mol. The summed E-state index contributed by atoms with van der Waals surface area (Å²) in [6, 6.07) is 9.22. The molecular weight excluding hydrogens is 278 g/mol. The van der Waals surface area contributed by atoms with Crippen LogP contribution >= 0.6 is 12.4 Å². The molecule has 1 aromatic rings. The largest absolute Gasteiger partial charge is 0.368 e. The number of rotatable bonds is 6. The maximum Gasteiger partial charge on any atom is 0.237 e. The predicted octanol–water partition coefficient (Wildman–Crippen LogP) is 0.873. The first-order chi connectivity index (χ1) is 8.97. The van der Waals surface area contributed by atoms with Crippen LogP contribution in [0.25, 0.3) is 0 Å². The van der Waals surface area contributed by atoms with Gasteiger partial charge in [-0.3, -0.25) is 9.59 Å². The lowest BCUT2D eigenvalue weighted by molar-refractivity contribution is -0.138. The van der Waals surface area contributed by atoms with Gasteiger partial charge in [-0.05, 0) is 19.4 Å². The van der Waals surface area contributed by atoms with Crippen LogP contribution in [0.3, 0.4) is 0 Å². The number of benzene rings is 1. The summed E-state index contributed by atoms with van der Waals surface area (Å²) in [6.07, 6.45) is 0. The van der Waals surface area contributed by atoms with E-state index >= 15 is 0 Å². The zero-order chi connectivity index (χ0) is 14.4. The Hall–Kier alpha value is -1.59. The average molecular weight is 300 g/mol. The molecule has 6 heteroatoms. The van der Waals surface area contributed by atoms with Crippen molar-refractivity contribution < 1.29 is 9.59 Å². The highest BCUT2D eigenvalue weighted by atomic mass is 35.5. The lowest BCUT2D eigenvalue weighted by atomic mass is 9.97. The van der Waals surface area contributed by atoms with E-state index in [1.165, 1.54) is 4.90 Å². The van der Waals surface area contributed by atoms with Gasteiger partial charge in [-0.1, -0.05) is 30.3 Å². The molecule has 112 valence electrons. The van der Waals surface area contributed by atoms with E-state index in [4.69, 9.17) is 11.5 Å². The normalized spacial score (nSPS) is 11.6. The Bertz CT molecular complexity index is 437. The van der Waals surface area contributed by atoms with Crippen molar-refractivity contribution in [1.29, 1.82) is 0 Å². The molecule has 0 spiro atoms. The molecule has 0 aliphatic carbocycles. The molecule has 0 saturated carbocycles. The Labute approximate surface area is 125 Å². The van der Waals surface area contributed by atoms with Crippen LogP contribution in [0.1, 0.15) is 25.3 Å². The second-order valence-corrected chi connectivity index (χ2v) is 4.73. The fourth-order valence-electron chi connectivity index (χ4n) is 1.95. The van der Waals surface area contributed by atoms with E-state index in [1.54, 1.807) is 0 Å². The fraction of sp³-hybridized carbons (Fsp3) is 0.429. The van der Waals surface area contributed by atoms with Crippen molar-refractivity contribution >= 4 is 24.2 Å². The van der Waals surface area contributed by atoms with Crippen molar-refractivity contribution in [2.45, 2.75) is 25.8 Å². The van der Waals surface area contributed by atoms with Gasteiger partial charge in [-0.25, -0.2) is 0 Å². The van der Waals surface area contributed by atoms with E-state index in [0.29, 0.717) is 0 Å². The molecule has 1 unspecified atom stereocenters. The molecule has 5 nitrogen and oxygen atoms in total. The summed E-state index contributed by atoms with van der Waals surface area (Å²) in [5, 5.41) is 0. The van der Waals surface area contributed by atoms with E-state index in [1.807, 2.05) is 44.2 Å². The van der Waals surface area contributed by atoms with E-state index in [9.17, 15) is 9.59 Å². The van der Waals surface area contributed by atoms with E-state index in [0.717, 1.165) is 5.56 Å². The molecule has 0 fully saturated rings. The molecular formula is C14H22ClN3O2. The van der Waals surface area contributed by atoms with Crippen LogP contribution in [0, 0.1) is 0 Å². The quantitative estimate of drug-likeness (QED) is 0.817. The van der Waals surface area contributed by atoms with Gasteiger partial charge in [0, 0.05) is 12.6 Å². The molecule has 20 heavy (non-hydrogen) atoms. The van der Waals surface area contributed by atoms with Crippen LogP contribution in [0.4, 0.5) is 0 Å². The Kier molecular flexibility index (Phi) is 7.87. The Morgan fingerprint density at radius 2 is 1.75 bits per heavy atom. The molecule has 1 aromatic carbocycles. The van der Waals surface area contributed by atoms with E-state index in [2.05, 4.69) is 0 Å². The van der Waals surface area contributed by atoms with Crippen molar-refractivity contribution in [3.8, 4) is 0 Å². The summed E-state index contributed by atoms with van der Waals surface area (Å²) in [7, 11) is 0. The molecule has 1 rings (SSSR count). The monoisotopic (exact) mass is 299 g/mol. The average Bonchev–Trinajstić information content (AvgIpc) is 2.37. The maximum atomic E-state index is 12.5. The van der Waals surface area contributed by atoms with Crippen LogP contribution in [-0.4, -0.2) is 35.8 Å². The zero-order valence-corrected chi connectivity index (χ0v) is 12.6. The van der Waals surface area contributed by atoms with Gasteiger partial charge in [0.1, 0.15) is 0 Å². The molecule has 0 heterocycles. The number of primary amides is 1. The van der Waals surface area contributed by atoms with Crippen LogP contribution < -0.4 is 11.5 Å². The van der Waals surface area contributed by atoms with Gasteiger partial charge in [0.05, 0.1) is 12.5 Å². The lowest BCUT2D eigenvalue weighted by Crippen LogP contribution is -2.46. The molecule has 0 aromatic heterocycles. The summed E-state index contributed by atoms with van der Waals surface area (Å²) in [4.78, 5) is 25.0. The van der Waals surface area contributed by atoms with Crippen molar-refractivity contribution in [2.24, 2.45) is 11.5 Å². The van der Waals surface area contributed by atoms with E-state index in [-0.39, 0.29) is 37.4 Å². The summed E-state index contributed by atoms with van der Waals surface area (Å²) in [5.41, 5.74) is 11.7. The third kappa shape index (κ3) is 4.83. The third-order valence-electron chi connectivity index (χ3n) is 2.97. The first-order valence-corrected chi connectivity index (χ1v) is 6.31. The fourth-order valence-corrected chi connectivity index (χ4v) is 1.95. The van der Waals surface area contributed by atoms with Gasteiger partial charge in [0.2, 0.25) is 11.8 Å². The summed E-state index contributed by atoms with van der Waals surface area (Å²) in [6.45, 7) is 3.81. The first-order valence-electron chi connectivity index (χ1n) is 6.31. The molecule has 0 saturated heterocycles. The number of nitrogens with zero attached hydrogens (tertiary/aromatic N) is 1. The second kappa shape index (κ2) is 8.55. The van der Waals surface area contributed by atoms with Crippen molar-refractivity contribution in [1.82, 2.24) is 4.90 Å². The number of carbonyl (C=O) groups excluding carboxylic acids is 2. The van der Waals surface area contributed by atoms with Crippen LogP contribution in [0.2, 0.25) is 0 Å². The van der Waals surface area contributed by atoms with Gasteiger partial charge in [0.15, 0.2) is 0 Å². The SMILES string of the molecule is CC(C)N(CC(N)=O)C(=O)C(CN)c1ccccc1.Cl. The van der Waals surface area contributed by atoms with E-state index < -0.39 is 11.8 Å². The smallest absolute Gasteiger partial charge is 0.237 e. The standard InChI is InChI=1S/C14H21N3O2.ClH/c1-10(2)17(9-13(16)18)14(19)12(8-15)11-6-4-3-5-7-11;/h3-7,10,12H,8-9,15H2,1-2H3,(H2,16,18);1H. The minimum Gasteiger partial charge on any atom is -0.368 e. The van der Waals surface area contributed by atoms with Gasteiger partial charge < -0.3 is 16.4 Å². The van der Waals surface area contributed by atoms with Crippen molar-refractivity contribution in [3.63, 3.8) is 0 Å². The number of amides is 2. The lowest BCUT2D eigenvalue weighted by Gasteiger charge is -2.29. The molecule has 0 aliphatic rings. The number of carbonyl (C=O) groups is 2. The zero-order valence-electron chi connectivity index (χ0n) is 11.8. The van der Waals surface area contributed by atoms with Crippen LogP contribution in [-0.2, 0) is 9.59 Å². The highest BCUT2D eigenvalue weighted by Crippen LogP contribution is 2.18. The number of hydrogen-bond donors (Lipinski definition) is 2. The molecule has 0 bridgehead atoms. The highest BCUT2D eigenvalue weighted by Gasteiger charge is 2.27. The molecule has 4 N–H and O–H groups in total. The van der Waals surface area contributed by atoms with Gasteiger partial charge >= 0.3 is 0 Å². The Morgan fingerprint density at radius 3 is 2.15 bits per heavy atom. The summed E-state index contributed by atoms with van der Waals surface area (Å²) < 4.78 is 0. The van der Waals surface area contributed by atoms with Crippen LogP contribution in [0.5, 0.6) is 0 Å². The minimum atomic E-state index is -0.522. The first kappa shape index (κ1) is 18.4. The van der Waals surface area contributed by atoms with Gasteiger partial charge in [-0.15, -0.1) is 12.4 Å². The third-order valence-corrected chi connectivity index (χ3v) is 2.97. The summed E-state index contributed by atoms with van der Waals surface area (Å²) in [5.74, 6) is -1.13. The highest BCUT2D eigenvalue weighted by molar-refractivity contribution is 5.88. The summed E-state index contributed by atoms with van der Waals surface area (Å²) >= 11 is 0. The molecule has 0 aliphatic heterocycles. The van der Waals surface area contributed by atoms with Gasteiger partial charge in [0.25, 0.3) is 0 Å². The molecule has 2 amide bonds. The Balaban J connectivity index is 0.00000361. The van der Waals surface area contributed by atoms with Gasteiger partial charge in [-0.2, -0.15) is 0 Å².